The number of anilines is 3. The van der Waals surface area contributed by atoms with Crippen molar-refractivity contribution in [3.8, 4) is 0 Å². The van der Waals surface area contributed by atoms with Gasteiger partial charge in [-0.2, -0.15) is 0 Å². The zero-order chi connectivity index (χ0) is 22.8. The number of likely N-dealkylation sites (N-methyl/N-ethyl adjacent to an activating group) is 1. The van der Waals surface area contributed by atoms with Gasteiger partial charge in [0.05, 0.1) is 0 Å². The van der Waals surface area contributed by atoms with E-state index in [1.165, 1.54) is 17.7 Å². The molecule has 3 aliphatic rings. The Morgan fingerprint density at radius 2 is 1.84 bits per heavy atom. The molecule has 0 spiro atoms. The maximum atomic E-state index is 13.5. The third kappa shape index (κ3) is 4.20. The zero-order valence-corrected chi connectivity index (χ0v) is 21.9. The van der Waals surface area contributed by atoms with E-state index in [1.54, 1.807) is 0 Å². The van der Waals surface area contributed by atoms with Crippen molar-refractivity contribution in [1.29, 1.82) is 0 Å². The second-order valence-electron chi connectivity index (χ2n) is 10.5. The van der Waals surface area contributed by atoms with E-state index in [2.05, 4.69) is 50.3 Å². The Morgan fingerprint density at radius 3 is 2.41 bits per heavy atom. The standard InChI is InChI=1S/C20H21F3N5.3CH3.Sn/c1-27-10-16-6-15(27)11-28(16)14-4-5-18(17(7-14)12-2-3-12)26-19-24-8-13(9-25-19)20(21,22)23;;;;/h4-5,7-8,12,15-16H,2-3,6,10-11H2,1H3,(H,24,25,26);3*1H3;. The van der Waals surface area contributed by atoms with E-state index in [0.29, 0.717) is 18.0 Å². The topological polar surface area (TPSA) is 44.3 Å². The molecule has 3 fully saturated rings. The fraction of sp³-hybridized carbons (Fsp3) is 0.565. The van der Waals surface area contributed by atoms with Crippen LogP contribution in [0.4, 0.5) is 30.5 Å². The van der Waals surface area contributed by atoms with E-state index in [-0.39, 0.29) is 9.66 Å². The van der Waals surface area contributed by atoms with Gasteiger partial charge < -0.3 is 0 Å². The first-order valence-electron chi connectivity index (χ1n) is 11.3. The Bertz CT molecular complexity index is 1030. The zero-order valence-electron chi connectivity index (χ0n) is 19.0. The molecule has 1 N–H and O–H groups in total. The first-order chi connectivity index (χ1) is 15.0. The van der Waals surface area contributed by atoms with Gasteiger partial charge >= 0.3 is 185 Å². The van der Waals surface area contributed by atoms with Gasteiger partial charge in [-0.15, -0.1) is 0 Å². The molecule has 2 saturated heterocycles. The van der Waals surface area contributed by atoms with E-state index < -0.39 is 30.1 Å². The number of benzene rings is 1. The van der Waals surface area contributed by atoms with Gasteiger partial charge in [0.1, 0.15) is 0 Å². The van der Waals surface area contributed by atoms with Crippen molar-refractivity contribution in [2.45, 2.75) is 58.3 Å². The van der Waals surface area contributed by atoms with Crippen LogP contribution in [0, 0.1) is 0 Å². The van der Waals surface area contributed by atoms with Crippen molar-refractivity contribution in [2.24, 2.45) is 0 Å². The van der Waals surface area contributed by atoms with E-state index in [9.17, 15) is 13.2 Å². The van der Waals surface area contributed by atoms with Crippen LogP contribution in [0.5, 0.6) is 0 Å². The monoisotopic (exact) mass is 553 g/mol. The first-order valence-corrected chi connectivity index (χ1v) is 21.3. The minimum absolute atomic E-state index is 0.214. The molecule has 2 unspecified atom stereocenters. The van der Waals surface area contributed by atoms with Crippen molar-refractivity contribution in [3.05, 3.63) is 35.5 Å². The molecule has 32 heavy (non-hydrogen) atoms. The molecule has 1 aromatic heterocycles. The molecule has 0 amide bonds. The summed E-state index contributed by atoms with van der Waals surface area (Å²) >= 11 is -3.12. The van der Waals surface area contributed by atoms with Gasteiger partial charge in [-0.3, -0.25) is 0 Å². The van der Waals surface area contributed by atoms with Crippen molar-refractivity contribution in [1.82, 2.24) is 14.9 Å². The van der Waals surface area contributed by atoms with Crippen LogP contribution in [0.3, 0.4) is 0 Å². The van der Waals surface area contributed by atoms with Crippen LogP contribution in [-0.2, 0) is 6.18 Å². The van der Waals surface area contributed by atoms with E-state index in [1.807, 2.05) is 14.8 Å². The van der Waals surface area contributed by atoms with Crippen molar-refractivity contribution >= 4 is 39.4 Å². The molecule has 0 radical (unpaired) electrons. The normalized spacial score (nSPS) is 23.8. The molecule has 172 valence electrons. The van der Waals surface area contributed by atoms with Crippen molar-refractivity contribution in [3.63, 3.8) is 0 Å². The molecule has 2 bridgehead atoms. The Labute approximate surface area is 191 Å². The second-order valence-corrected chi connectivity index (χ2v) is 24.7. The molecular weight excluding hydrogens is 522 g/mol. The van der Waals surface area contributed by atoms with Crippen molar-refractivity contribution in [2.75, 3.05) is 30.4 Å². The summed E-state index contributed by atoms with van der Waals surface area (Å²) in [5.41, 5.74) is 2.70. The molecule has 1 saturated carbocycles. The molecular formula is C23H30F3N5Sn. The molecule has 5 nitrogen and oxygen atoms in total. The average Bonchev–Trinajstić information content (AvgIpc) is 3.38. The van der Waals surface area contributed by atoms with E-state index >= 15 is 0 Å². The minimum atomic E-state index is -4.43. The Hall–Kier alpha value is -1.55. The molecule has 9 heteroatoms. The van der Waals surface area contributed by atoms with Gasteiger partial charge in [-0.25, -0.2) is 0 Å². The summed E-state index contributed by atoms with van der Waals surface area (Å²) in [6, 6.07) is 7.65. The summed E-state index contributed by atoms with van der Waals surface area (Å²) in [7, 11) is 2.20. The summed E-state index contributed by atoms with van der Waals surface area (Å²) in [5.74, 6) is 0.756. The molecule has 1 aromatic carbocycles. The number of alkyl halides is 3. The molecule has 3 heterocycles. The van der Waals surface area contributed by atoms with E-state index in [4.69, 9.17) is 0 Å². The molecule has 2 aliphatic heterocycles. The third-order valence-electron chi connectivity index (χ3n) is 6.95. The number of hydrogen-bond donors (Lipinski definition) is 1. The molecule has 5 rings (SSSR count). The predicted molar refractivity (Wildman–Crippen MR) is 124 cm³/mol. The summed E-state index contributed by atoms with van der Waals surface area (Å²) in [4.78, 5) is 19.2. The predicted octanol–water partition coefficient (Wildman–Crippen LogP) is 4.55. The van der Waals surface area contributed by atoms with Crippen LogP contribution in [0.25, 0.3) is 0 Å². The number of nitrogens with one attached hydrogen (secondary N) is 1. The Morgan fingerprint density at radius 1 is 1.09 bits per heavy atom. The van der Waals surface area contributed by atoms with Crippen LogP contribution >= 0.6 is 0 Å². The quantitative estimate of drug-likeness (QED) is 0.552. The number of likely N-dealkylation sites (tertiary alicyclic amines) is 1. The number of hydrogen-bond acceptors (Lipinski definition) is 5. The van der Waals surface area contributed by atoms with Crippen LogP contribution in [0.2, 0.25) is 14.8 Å². The third-order valence-corrected chi connectivity index (χ3v) is 12.1. The van der Waals surface area contributed by atoms with E-state index in [0.717, 1.165) is 37.8 Å². The van der Waals surface area contributed by atoms with Gasteiger partial charge in [0, 0.05) is 0 Å². The number of aromatic nitrogens is 2. The number of piperazine rings is 1. The van der Waals surface area contributed by atoms with Gasteiger partial charge in [0.15, 0.2) is 0 Å². The van der Waals surface area contributed by atoms with Crippen LogP contribution < -0.4 is 13.9 Å². The second kappa shape index (κ2) is 7.75. The van der Waals surface area contributed by atoms with Gasteiger partial charge in [-0.05, 0) is 7.05 Å². The number of halogens is 3. The van der Waals surface area contributed by atoms with Gasteiger partial charge in [0.25, 0.3) is 0 Å². The van der Waals surface area contributed by atoms with Crippen LogP contribution in [0.1, 0.15) is 36.3 Å². The van der Waals surface area contributed by atoms with Gasteiger partial charge in [0.2, 0.25) is 0 Å². The Balaban J connectivity index is 1.45. The summed E-state index contributed by atoms with van der Waals surface area (Å²) in [6.07, 6.45) is 0.0304. The van der Waals surface area contributed by atoms with Crippen LogP contribution in [0.15, 0.2) is 24.4 Å². The van der Waals surface area contributed by atoms with Gasteiger partial charge in [-0.1, -0.05) is 0 Å². The number of nitrogens with zero attached hydrogens (tertiary/aromatic N) is 4. The fourth-order valence-electron chi connectivity index (χ4n) is 5.10. The van der Waals surface area contributed by atoms with Crippen LogP contribution in [-0.4, -0.2) is 65.5 Å². The number of fused-ring (bicyclic) bond motifs is 2. The SMILES string of the molecule is CN1CC2CC1CN2c1ccc(Nc2ncc(C(F)(F)F)[c]([Sn]([CH3])([CH3])[CH3])n2)c(C2CC2)c1. The Kier molecular flexibility index (Phi) is 5.39. The summed E-state index contributed by atoms with van der Waals surface area (Å²) in [5, 5.41) is 3.26. The summed E-state index contributed by atoms with van der Waals surface area (Å²) in [6.45, 7) is 2.16. The summed E-state index contributed by atoms with van der Waals surface area (Å²) < 4.78 is 40.8. The van der Waals surface area contributed by atoms with Crippen molar-refractivity contribution < 1.29 is 13.2 Å². The average molecular weight is 552 g/mol. The molecule has 2 aromatic rings. The molecule has 2 atom stereocenters. The molecule has 1 aliphatic carbocycles. The number of rotatable bonds is 5. The first kappa shape index (κ1) is 22.3. The maximum absolute atomic E-state index is 13.5. The fourth-order valence-corrected chi connectivity index (χ4v) is 9.25.